The Labute approximate surface area is 194 Å². The molecule has 168 valence electrons. The third-order valence-electron chi connectivity index (χ3n) is 6.08. The van der Waals surface area contributed by atoms with Crippen LogP contribution in [0.15, 0.2) is 54.7 Å². The van der Waals surface area contributed by atoms with Crippen LogP contribution in [-0.2, 0) is 0 Å². The first-order valence-corrected chi connectivity index (χ1v) is 11.5. The van der Waals surface area contributed by atoms with Gasteiger partial charge in [0.05, 0.1) is 20.7 Å². The maximum absolute atomic E-state index is 13.1. The van der Waals surface area contributed by atoms with E-state index in [0.717, 1.165) is 35.1 Å². The number of nitrogens with zero attached hydrogens (tertiary/aromatic N) is 3. The van der Waals surface area contributed by atoms with Gasteiger partial charge in [-0.05, 0) is 61.6 Å². The van der Waals surface area contributed by atoms with E-state index >= 15 is 0 Å². The van der Waals surface area contributed by atoms with Crippen LogP contribution in [0.4, 0.5) is 0 Å². The van der Waals surface area contributed by atoms with Crippen LogP contribution in [0.1, 0.15) is 26.5 Å². The summed E-state index contributed by atoms with van der Waals surface area (Å²) < 4.78 is 6.97. The van der Waals surface area contributed by atoms with E-state index in [1.807, 2.05) is 37.2 Å². The fraction of sp³-hybridized carbons (Fsp3) is 0.240. The van der Waals surface area contributed by atoms with Gasteiger partial charge in [0.25, 0.3) is 5.91 Å². The fourth-order valence-corrected chi connectivity index (χ4v) is 5.28. The summed E-state index contributed by atoms with van der Waals surface area (Å²) in [6.45, 7) is 1.48. The van der Waals surface area contributed by atoms with Crippen molar-refractivity contribution in [1.29, 1.82) is 0 Å². The first-order chi connectivity index (χ1) is 15.9. The number of rotatable bonds is 5. The number of hydrogen-bond donors (Lipinski definition) is 1. The highest BCUT2D eigenvalue weighted by molar-refractivity contribution is 7.21. The van der Waals surface area contributed by atoms with E-state index < -0.39 is 5.97 Å². The first kappa shape index (κ1) is 21.4. The maximum Gasteiger partial charge on any atom is 0.336 e. The number of aromatic nitrogens is 1. The monoisotopic (exact) mass is 461 g/mol. The van der Waals surface area contributed by atoms with E-state index in [-0.39, 0.29) is 11.5 Å². The molecule has 33 heavy (non-hydrogen) atoms. The van der Waals surface area contributed by atoms with E-state index in [4.69, 9.17) is 4.74 Å². The molecule has 0 radical (unpaired) electrons. The molecule has 7 nitrogen and oxygen atoms in total. The van der Waals surface area contributed by atoms with Crippen molar-refractivity contribution >= 4 is 44.2 Å². The average molecular weight is 462 g/mol. The second kappa shape index (κ2) is 8.46. The Bertz CT molecular complexity index is 1380. The molecule has 3 heterocycles. The molecule has 1 aliphatic heterocycles. The van der Waals surface area contributed by atoms with Crippen LogP contribution in [0.5, 0.6) is 11.5 Å². The summed E-state index contributed by atoms with van der Waals surface area (Å²) in [5.74, 6) is 0.272. The predicted molar refractivity (Wildman–Crippen MR) is 129 cm³/mol. The summed E-state index contributed by atoms with van der Waals surface area (Å²) >= 11 is 1.39. The number of ether oxygens (including phenoxy) is 1. The van der Waals surface area contributed by atoms with Gasteiger partial charge in [0.2, 0.25) is 0 Å². The van der Waals surface area contributed by atoms with E-state index in [0.29, 0.717) is 27.8 Å². The highest BCUT2D eigenvalue weighted by Crippen LogP contribution is 2.36. The standard InChI is InChI=1S/C25H23N3O4S/c1-27(2)16-9-11-28(14-16)24(29)22-13-20-23(33-22)21(8-10-26-20)32-17-6-7-18-15(12-17)4-3-5-19(18)25(30)31/h3-8,10,12-13,16H,9,11,14H2,1-2H3,(H,30,31)/t16-/m1/s1. The van der Waals surface area contributed by atoms with E-state index in [9.17, 15) is 14.7 Å². The number of carbonyl (C=O) groups excluding carboxylic acids is 1. The lowest BCUT2D eigenvalue weighted by Crippen LogP contribution is -2.34. The zero-order chi connectivity index (χ0) is 23.1. The molecule has 5 rings (SSSR count). The van der Waals surface area contributed by atoms with Gasteiger partial charge in [0, 0.05) is 31.4 Å². The van der Waals surface area contributed by atoms with Crippen molar-refractivity contribution in [2.45, 2.75) is 12.5 Å². The number of pyridine rings is 1. The summed E-state index contributed by atoms with van der Waals surface area (Å²) in [5, 5.41) is 10.8. The number of fused-ring (bicyclic) bond motifs is 2. The van der Waals surface area contributed by atoms with Crippen LogP contribution in [0.3, 0.4) is 0 Å². The SMILES string of the molecule is CN(C)[C@@H]1CCN(C(=O)c2cc3nccc(Oc4ccc5c(C(=O)O)cccc5c4)c3s2)C1. The molecule has 0 spiro atoms. The van der Waals surface area contributed by atoms with E-state index in [2.05, 4.69) is 9.88 Å². The number of hydrogen-bond acceptors (Lipinski definition) is 6. The Morgan fingerprint density at radius 3 is 2.79 bits per heavy atom. The Morgan fingerprint density at radius 2 is 2.03 bits per heavy atom. The van der Waals surface area contributed by atoms with Crippen molar-refractivity contribution in [3.63, 3.8) is 0 Å². The fourth-order valence-electron chi connectivity index (χ4n) is 4.24. The molecule has 0 saturated carbocycles. The summed E-state index contributed by atoms with van der Waals surface area (Å²) in [6, 6.07) is 14.5. The molecule has 2 aromatic carbocycles. The molecule has 4 aromatic rings. The molecule has 1 saturated heterocycles. The quantitative estimate of drug-likeness (QED) is 0.463. The van der Waals surface area contributed by atoms with Crippen molar-refractivity contribution in [3.8, 4) is 11.5 Å². The van der Waals surface area contributed by atoms with Crippen molar-refractivity contribution in [1.82, 2.24) is 14.8 Å². The highest BCUT2D eigenvalue weighted by atomic mass is 32.1. The minimum atomic E-state index is -0.962. The van der Waals surface area contributed by atoms with Crippen LogP contribution >= 0.6 is 11.3 Å². The van der Waals surface area contributed by atoms with Gasteiger partial charge >= 0.3 is 5.97 Å². The molecule has 0 unspecified atom stereocenters. The number of likely N-dealkylation sites (N-methyl/N-ethyl adjacent to an activating group) is 1. The Kier molecular flexibility index (Phi) is 5.47. The largest absolute Gasteiger partial charge is 0.478 e. The van der Waals surface area contributed by atoms with Crippen molar-refractivity contribution in [2.24, 2.45) is 0 Å². The van der Waals surface area contributed by atoms with Crippen LogP contribution < -0.4 is 4.74 Å². The summed E-state index contributed by atoms with van der Waals surface area (Å²) in [4.78, 5) is 33.7. The van der Waals surface area contributed by atoms with Crippen molar-refractivity contribution < 1.29 is 19.4 Å². The number of carboxylic acid groups (broad SMARTS) is 1. The van der Waals surface area contributed by atoms with Gasteiger partial charge in [-0.15, -0.1) is 11.3 Å². The van der Waals surface area contributed by atoms with Gasteiger partial charge in [-0.3, -0.25) is 9.78 Å². The smallest absolute Gasteiger partial charge is 0.336 e. The molecule has 1 N–H and O–H groups in total. The molecule has 1 aliphatic rings. The summed E-state index contributed by atoms with van der Waals surface area (Å²) in [7, 11) is 4.09. The van der Waals surface area contributed by atoms with Crippen molar-refractivity contribution in [2.75, 3.05) is 27.2 Å². The number of likely N-dealkylation sites (tertiary alicyclic amines) is 1. The molecular formula is C25H23N3O4S. The van der Waals surface area contributed by atoms with Gasteiger partial charge in [-0.25, -0.2) is 4.79 Å². The number of aromatic carboxylic acids is 1. The van der Waals surface area contributed by atoms with Crippen LogP contribution in [0.25, 0.3) is 21.0 Å². The molecule has 1 fully saturated rings. The molecule has 2 aromatic heterocycles. The second-order valence-corrected chi connectivity index (χ2v) is 9.44. The molecule has 1 amide bonds. The third-order valence-corrected chi connectivity index (χ3v) is 7.20. The third kappa shape index (κ3) is 4.03. The molecule has 0 bridgehead atoms. The average Bonchev–Trinajstić information content (AvgIpc) is 3.46. The molecule has 0 aliphatic carbocycles. The van der Waals surface area contributed by atoms with Gasteiger partial charge < -0.3 is 19.6 Å². The lowest BCUT2D eigenvalue weighted by molar-refractivity contribution is 0.0698. The Hall–Kier alpha value is -3.49. The van der Waals surface area contributed by atoms with E-state index in [1.165, 1.54) is 11.3 Å². The van der Waals surface area contributed by atoms with Gasteiger partial charge in [0.1, 0.15) is 11.5 Å². The first-order valence-electron chi connectivity index (χ1n) is 10.7. The van der Waals surface area contributed by atoms with Crippen LogP contribution in [0, 0.1) is 0 Å². The number of carbonyl (C=O) groups is 2. The number of amides is 1. The van der Waals surface area contributed by atoms with Gasteiger partial charge in [-0.1, -0.05) is 12.1 Å². The lowest BCUT2D eigenvalue weighted by atomic mass is 10.0. The highest BCUT2D eigenvalue weighted by Gasteiger charge is 2.29. The van der Waals surface area contributed by atoms with Crippen LogP contribution in [0.2, 0.25) is 0 Å². The lowest BCUT2D eigenvalue weighted by Gasteiger charge is -2.19. The summed E-state index contributed by atoms with van der Waals surface area (Å²) in [6.07, 6.45) is 2.64. The zero-order valence-electron chi connectivity index (χ0n) is 18.3. The van der Waals surface area contributed by atoms with Gasteiger partial charge in [0.15, 0.2) is 0 Å². The normalized spacial score (nSPS) is 16.1. The molecule has 1 atom stereocenters. The molecule has 8 heteroatoms. The van der Waals surface area contributed by atoms with Crippen molar-refractivity contribution in [3.05, 3.63) is 65.2 Å². The zero-order valence-corrected chi connectivity index (χ0v) is 19.1. The van der Waals surface area contributed by atoms with Gasteiger partial charge in [-0.2, -0.15) is 0 Å². The Morgan fingerprint density at radius 1 is 1.18 bits per heavy atom. The maximum atomic E-state index is 13.1. The molecular weight excluding hydrogens is 438 g/mol. The van der Waals surface area contributed by atoms with Crippen LogP contribution in [-0.4, -0.2) is 65.0 Å². The minimum Gasteiger partial charge on any atom is -0.478 e. The Balaban J connectivity index is 1.43. The number of carboxylic acids is 1. The van der Waals surface area contributed by atoms with E-state index in [1.54, 1.807) is 36.5 Å². The number of thiophene rings is 1. The summed E-state index contributed by atoms with van der Waals surface area (Å²) in [5.41, 5.74) is 0.975. The topological polar surface area (TPSA) is 83.0 Å². The second-order valence-electron chi connectivity index (χ2n) is 8.39. The predicted octanol–water partition coefficient (Wildman–Crippen LogP) is 4.72. The minimum absolute atomic E-state index is 0.0280. The number of benzene rings is 2.